The predicted octanol–water partition coefficient (Wildman–Crippen LogP) is 1.81. The lowest BCUT2D eigenvalue weighted by atomic mass is 10.1. The van der Waals surface area contributed by atoms with Crippen LogP contribution in [-0.2, 0) is 0 Å². The van der Waals surface area contributed by atoms with Gasteiger partial charge in [0.1, 0.15) is 18.0 Å². The van der Waals surface area contributed by atoms with Crippen LogP contribution in [0.4, 0.5) is 0 Å². The lowest BCUT2D eigenvalue weighted by molar-refractivity contribution is 0.453. The van der Waals surface area contributed by atoms with E-state index in [1.165, 1.54) is 6.07 Å². The summed E-state index contributed by atoms with van der Waals surface area (Å²) in [5.74, 6) is 0.608. The third-order valence-electron chi connectivity index (χ3n) is 1.95. The van der Waals surface area contributed by atoms with Crippen molar-refractivity contribution < 1.29 is 4.74 Å². The number of benzene rings is 1. The molecule has 0 saturated heterocycles. The molecule has 2 rings (SSSR count). The van der Waals surface area contributed by atoms with E-state index in [2.05, 4.69) is 16.4 Å². The summed E-state index contributed by atoms with van der Waals surface area (Å²) < 4.78 is 5.37. The van der Waals surface area contributed by atoms with Crippen LogP contribution in [0.5, 0.6) is 11.6 Å². The zero-order valence-corrected chi connectivity index (χ0v) is 8.58. The summed E-state index contributed by atoms with van der Waals surface area (Å²) in [7, 11) is 0. The topological polar surface area (TPSA) is 82.6 Å². The molecule has 1 heterocycles. The molecule has 0 saturated carbocycles. The third-order valence-corrected chi connectivity index (χ3v) is 1.95. The largest absolute Gasteiger partial charge is 0.436 e. The maximum atomic E-state index is 8.93. The molecule has 0 aliphatic heterocycles. The zero-order valence-electron chi connectivity index (χ0n) is 8.58. The van der Waals surface area contributed by atoms with Gasteiger partial charge in [-0.25, -0.2) is 0 Å². The lowest BCUT2D eigenvalue weighted by Crippen LogP contribution is -1.92. The van der Waals surface area contributed by atoms with Crippen molar-refractivity contribution in [2.45, 2.75) is 0 Å². The third kappa shape index (κ3) is 2.36. The molecule has 0 bridgehead atoms. The molecule has 1 aromatic heterocycles. The maximum absolute atomic E-state index is 8.93. The lowest BCUT2D eigenvalue weighted by Gasteiger charge is -2.05. The van der Waals surface area contributed by atoms with Crippen LogP contribution < -0.4 is 4.74 Å². The van der Waals surface area contributed by atoms with Gasteiger partial charge in [0, 0.05) is 6.07 Å². The van der Waals surface area contributed by atoms with Gasteiger partial charge in [0.15, 0.2) is 0 Å². The first-order valence-electron chi connectivity index (χ1n) is 4.65. The Morgan fingerprint density at radius 3 is 2.71 bits per heavy atom. The number of nitriles is 2. The van der Waals surface area contributed by atoms with E-state index in [-0.39, 0.29) is 11.4 Å². The van der Waals surface area contributed by atoms with Crippen molar-refractivity contribution in [3.8, 4) is 23.8 Å². The van der Waals surface area contributed by atoms with E-state index in [1.54, 1.807) is 24.3 Å². The summed E-state index contributed by atoms with van der Waals surface area (Å²) in [6.07, 6.45) is 2.52. The standard InChI is InChI=1S/C12H5N4O/c13-7-9-3-4-11(10(6-9)8-14)17-12-2-1-5-15-16-12/h1-4,6H. The monoisotopic (exact) mass is 221 g/mol. The molecule has 0 aliphatic rings. The van der Waals surface area contributed by atoms with Crippen LogP contribution >= 0.6 is 0 Å². The number of nitrogens with zero attached hydrogens (tertiary/aromatic N) is 4. The van der Waals surface area contributed by atoms with Crippen LogP contribution in [-0.4, -0.2) is 10.2 Å². The van der Waals surface area contributed by atoms with E-state index >= 15 is 0 Å². The highest BCUT2D eigenvalue weighted by atomic mass is 16.5. The SMILES string of the molecule is N#Cc1ccc(Oc2cc[c]nn2)c(C#N)c1. The molecule has 2 aromatic rings. The number of hydrogen-bond donors (Lipinski definition) is 0. The van der Waals surface area contributed by atoms with Crippen LogP contribution in [0, 0.1) is 28.9 Å². The number of aromatic nitrogens is 2. The van der Waals surface area contributed by atoms with E-state index in [0.29, 0.717) is 11.3 Å². The van der Waals surface area contributed by atoms with Crippen molar-refractivity contribution in [2.75, 3.05) is 0 Å². The molecule has 0 unspecified atom stereocenters. The Kier molecular flexibility index (Phi) is 2.95. The fraction of sp³-hybridized carbons (Fsp3) is 0. The van der Waals surface area contributed by atoms with E-state index in [4.69, 9.17) is 15.3 Å². The van der Waals surface area contributed by atoms with Gasteiger partial charge in [-0.1, -0.05) is 0 Å². The van der Waals surface area contributed by atoms with Gasteiger partial charge in [-0.15, -0.1) is 10.2 Å². The molecule has 0 atom stereocenters. The Labute approximate surface area is 97.5 Å². The van der Waals surface area contributed by atoms with E-state index in [9.17, 15) is 0 Å². The molecule has 79 valence electrons. The highest BCUT2D eigenvalue weighted by molar-refractivity contribution is 5.49. The quantitative estimate of drug-likeness (QED) is 0.772. The van der Waals surface area contributed by atoms with Crippen molar-refractivity contribution in [1.29, 1.82) is 10.5 Å². The Morgan fingerprint density at radius 1 is 1.18 bits per heavy atom. The van der Waals surface area contributed by atoms with Crippen LogP contribution in [0.1, 0.15) is 11.1 Å². The van der Waals surface area contributed by atoms with Gasteiger partial charge in [-0.05, 0) is 24.3 Å². The van der Waals surface area contributed by atoms with E-state index in [1.807, 2.05) is 12.1 Å². The fourth-order valence-electron chi connectivity index (χ4n) is 1.20. The van der Waals surface area contributed by atoms with Gasteiger partial charge in [0.2, 0.25) is 5.88 Å². The van der Waals surface area contributed by atoms with Crippen molar-refractivity contribution >= 4 is 0 Å². The van der Waals surface area contributed by atoms with Crippen molar-refractivity contribution in [3.63, 3.8) is 0 Å². The summed E-state index contributed by atoms with van der Waals surface area (Å²) in [6, 6.07) is 11.6. The normalized spacial score (nSPS) is 9.06. The Balaban J connectivity index is 2.35. The summed E-state index contributed by atoms with van der Waals surface area (Å²) in [6.45, 7) is 0. The Morgan fingerprint density at radius 2 is 2.06 bits per heavy atom. The molecule has 5 heteroatoms. The summed E-state index contributed by atoms with van der Waals surface area (Å²) in [5.41, 5.74) is 0.681. The smallest absolute Gasteiger partial charge is 0.238 e. The average molecular weight is 221 g/mol. The van der Waals surface area contributed by atoms with Crippen LogP contribution in [0.25, 0.3) is 0 Å². The second-order valence-corrected chi connectivity index (χ2v) is 3.04. The maximum Gasteiger partial charge on any atom is 0.238 e. The molecule has 1 aromatic carbocycles. The first kappa shape index (κ1) is 10.6. The van der Waals surface area contributed by atoms with Crippen LogP contribution in [0.2, 0.25) is 0 Å². The zero-order chi connectivity index (χ0) is 12.1. The molecule has 0 fully saturated rings. The van der Waals surface area contributed by atoms with Crippen molar-refractivity contribution in [3.05, 3.63) is 47.7 Å². The highest BCUT2D eigenvalue weighted by Crippen LogP contribution is 2.23. The van der Waals surface area contributed by atoms with Crippen LogP contribution in [0.3, 0.4) is 0 Å². The predicted molar refractivity (Wildman–Crippen MR) is 56.8 cm³/mol. The number of hydrogen-bond acceptors (Lipinski definition) is 5. The molecule has 1 radical (unpaired) electrons. The number of ether oxygens (including phenoxy) is 1. The molecule has 17 heavy (non-hydrogen) atoms. The average Bonchev–Trinajstić information content (AvgIpc) is 2.40. The molecule has 0 aliphatic carbocycles. The minimum absolute atomic E-state index is 0.268. The molecule has 0 amide bonds. The van der Waals surface area contributed by atoms with Gasteiger partial charge < -0.3 is 4.74 Å². The summed E-state index contributed by atoms with van der Waals surface area (Å²) in [5, 5.41) is 24.9. The van der Waals surface area contributed by atoms with Gasteiger partial charge in [-0.3, -0.25) is 0 Å². The Hall–Kier alpha value is -2.92. The highest BCUT2D eigenvalue weighted by Gasteiger charge is 2.06. The van der Waals surface area contributed by atoms with Crippen molar-refractivity contribution in [1.82, 2.24) is 10.2 Å². The van der Waals surface area contributed by atoms with Gasteiger partial charge in [0.25, 0.3) is 0 Å². The first-order chi connectivity index (χ1) is 8.33. The molecule has 0 spiro atoms. The second kappa shape index (κ2) is 4.73. The molecular formula is C12H5N4O. The van der Waals surface area contributed by atoms with Crippen LogP contribution in [0.15, 0.2) is 30.3 Å². The van der Waals surface area contributed by atoms with Crippen molar-refractivity contribution in [2.24, 2.45) is 0 Å². The van der Waals surface area contributed by atoms with Gasteiger partial charge in [0.05, 0.1) is 17.2 Å². The molecule has 0 N–H and O–H groups in total. The first-order valence-corrected chi connectivity index (χ1v) is 4.65. The molecule has 5 nitrogen and oxygen atoms in total. The second-order valence-electron chi connectivity index (χ2n) is 3.04. The summed E-state index contributed by atoms with van der Waals surface area (Å²) >= 11 is 0. The minimum Gasteiger partial charge on any atom is -0.436 e. The number of rotatable bonds is 2. The molecular weight excluding hydrogens is 216 g/mol. The fourth-order valence-corrected chi connectivity index (χ4v) is 1.20. The minimum atomic E-state index is 0.268. The van der Waals surface area contributed by atoms with Gasteiger partial charge in [-0.2, -0.15) is 10.5 Å². The summed E-state index contributed by atoms with van der Waals surface area (Å²) in [4.78, 5) is 0. The van der Waals surface area contributed by atoms with E-state index in [0.717, 1.165) is 0 Å². The van der Waals surface area contributed by atoms with Gasteiger partial charge >= 0.3 is 0 Å². The van der Waals surface area contributed by atoms with E-state index < -0.39 is 0 Å². The Bertz CT molecular complexity index is 611.